The Bertz CT molecular complexity index is 788. The van der Waals surface area contributed by atoms with Crippen molar-refractivity contribution in [2.45, 2.75) is 37.9 Å². The van der Waals surface area contributed by atoms with Crippen molar-refractivity contribution in [3.8, 4) is 0 Å². The predicted molar refractivity (Wildman–Crippen MR) is 94.0 cm³/mol. The maximum atomic E-state index is 13.6. The zero-order valence-electron chi connectivity index (χ0n) is 15.0. The fourth-order valence-electron chi connectivity index (χ4n) is 2.71. The Balaban J connectivity index is 1.87. The number of piperidine rings is 1. The molecule has 0 atom stereocenters. The van der Waals surface area contributed by atoms with Crippen LogP contribution in [0.5, 0.6) is 0 Å². The van der Waals surface area contributed by atoms with Gasteiger partial charge in [-0.3, -0.25) is 4.99 Å². The highest BCUT2D eigenvalue weighted by Gasteiger charge is 2.50. The van der Waals surface area contributed by atoms with Gasteiger partial charge in [0.15, 0.2) is 5.96 Å². The van der Waals surface area contributed by atoms with Crippen molar-refractivity contribution in [1.29, 1.82) is 0 Å². The molecule has 0 bridgehead atoms. The van der Waals surface area contributed by atoms with E-state index >= 15 is 0 Å². The first-order valence-corrected chi connectivity index (χ1v) is 9.77. The highest BCUT2D eigenvalue weighted by atomic mass is 32.2. The molecule has 1 aliphatic heterocycles. The van der Waals surface area contributed by atoms with Gasteiger partial charge in [0.2, 0.25) is 0 Å². The molecule has 2 N–H and O–H groups in total. The second kappa shape index (κ2) is 8.42. The zero-order valence-corrected chi connectivity index (χ0v) is 15.8. The summed E-state index contributed by atoms with van der Waals surface area (Å²) in [4.78, 5) is 4.03. The van der Waals surface area contributed by atoms with Crippen molar-refractivity contribution in [2.75, 3.05) is 20.1 Å². The zero-order chi connectivity index (χ0) is 20.2. The molecule has 0 spiro atoms. The molecule has 1 aliphatic rings. The summed E-state index contributed by atoms with van der Waals surface area (Å²) < 4.78 is 74.6. The lowest BCUT2D eigenvalue weighted by molar-refractivity contribution is -0.0494. The van der Waals surface area contributed by atoms with Crippen LogP contribution >= 0.6 is 0 Å². The van der Waals surface area contributed by atoms with E-state index in [1.54, 1.807) is 19.1 Å². The molecule has 0 radical (unpaired) electrons. The van der Waals surface area contributed by atoms with Crippen LogP contribution in [0, 0.1) is 12.7 Å². The maximum Gasteiger partial charge on any atom is 0.511 e. The molecule has 1 fully saturated rings. The molecule has 27 heavy (non-hydrogen) atoms. The third-order valence-corrected chi connectivity index (χ3v) is 5.98. The van der Waals surface area contributed by atoms with Crippen molar-refractivity contribution in [3.63, 3.8) is 0 Å². The molecule has 11 heteroatoms. The van der Waals surface area contributed by atoms with Crippen LogP contribution in [0.1, 0.15) is 24.0 Å². The quantitative estimate of drug-likeness (QED) is 0.453. The molecule has 0 amide bonds. The Labute approximate surface area is 155 Å². The standard InChI is InChI=1S/C16H22F4N4O2S/c1-11-3-4-12(9-14(11)17)10-22-15(21-2)23-13-5-7-24(8-6-13)27(25,26)16(18,19)20/h3-4,9,13H,5-8,10H2,1-2H3,(H2,21,22,23). The monoisotopic (exact) mass is 410 g/mol. The maximum absolute atomic E-state index is 13.6. The molecule has 0 aliphatic carbocycles. The second-order valence-electron chi connectivity index (χ2n) is 6.28. The fourth-order valence-corrected chi connectivity index (χ4v) is 3.69. The number of guanidine groups is 1. The van der Waals surface area contributed by atoms with Crippen LogP contribution in [-0.4, -0.2) is 50.4 Å². The molecule has 0 unspecified atom stereocenters. The van der Waals surface area contributed by atoms with Gasteiger partial charge in [0.05, 0.1) is 0 Å². The summed E-state index contributed by atoms with van der Waals surface area (Å²) in [5.74, 6) is 0.101. The van der Waals surface area contributed by atoms with Gasteiger partial charge in [0, 0.05) is 32.7 Å². The minimum absolute atomic E-state index is 0.217. The number of alkyl halides is 3. The number of aryl methyl sites for hydroxylation is 1. The highest BCUT2D eigenvalue weighted by Crippen LogP contribution is 2.28. The van der Waals surface area contributed by atoms with Crippen LogP contribution < -0.4 is 10.6 Å². The van der Waals surface area contributed by atoms with Crippen molar-refractivity contribution in [2.24, 2.45) is 4.99 Å². The number of aliphatic imine (C=N–C) groups is 1. The van der Waals surface area contributed by atoms with Crippen molar-refractivity contribution in [3.05, 3.63) is 35.1 Å². The van der Waals surface area contributed by atoms with Crippen molar-refractivity contribution in [1.82, 2.24) is 14.9 Å². The second-order valence-corrected chi connectivity index (χ2v) is 8.21. The van der Waals surface area contributed by atoms with Gasteiger partial charge in [-0.25, -0.2) is 12.8 Å². The van der Waals surface area contributed by atoms with E-state index in [4.69, 9.17) is 0 Å². The van der Waals surface area contributed by atoms with Gasteiger partial charge in [-0.1, -0.05) is 12.1 Å². The van der Waals surface area contributed by atoms with E-state index in [0.717, 1.165) is 0 Å². The summed E-state index contributed by atoms with van der Waals surface area (Å²) in [6.07, 6.45) is 0.435. The number of halogens is 4. The lowest BCUT2D eigenvalue weighted by Gasteiger charge is -2.32. The number of benzene rings is 1. The van der Waals surface area contributed by atoms with E-state index in [-0.39, 0.29) is 37.8 Å². The summed E-state index contributed by atoms with van der Waals surface area (Å²) in [5, 5.41) is 6.06. The molecule has 6 nitrogen and oxygen atoms in total. The lowest BCUT2D eigenvalue weighted by Crippen LogP contribution is -2.51. The van der Waals surface area contributed by atoms with Crippen LogP contribution in [-0.2, 0) is 16.6 Å². The minimum Gasteiger partial charge on any atom is -0.354 e. The number of hydrogen-bond donors (Lipinski definition) is 2. The third-order valence-electron chi connectivity index (χ3n) is 4.35. The normalized spacial score (nSPS) is 17.8. The molecule has 2 rings (SSSR count). The van der Waals surface area contributed by atoms with Crippen LogP contribution in [0.4, 0.5) is 17.6 Å². The summed E-state index contributed by atoms with van der Waals surface area (Å²) in [5.41, 5.74) is -4.03. The average Bonchev–Trinajstić information content (AvgIpc) is 2.61. The van der Waals surface area contributed by atoms with E-state index in [9.17, 15) is 26.0 Å². The van der Waals surface area contributed by atoms with E-state index in [0.29, 0.717) is 27.9 Å². The molecule has 1 heterocycles. The number of nitrogens with one attached hydrogen (secondary N) is 2. The van der Waals surface area contributed by atoms with Gasteiger partial charge in [-0.05, 0) is 37.0 Å². The van der Waals surface area contributed by atoms with Crippen LogP contribution in [0.25, 0.3) is 0 Å². The first kappa shape index (κ1) is 21.4. The molecule has 152 valence electrons. The Hall–Kier alpha value is -1.88. The molecular formula is C16H22F4N4O2S. The molecule has 0 aromatic heterocycles. The summed E-state index contributed by atoms with van der Waals surface area (Å²) in [7, 11) is -3.75. The van der Waals surface area contributed by atoms with Gasteiger partial charge < -0.3 is 10.6 Å². The fraction of sp³-hybridized carbons (Fsp3) is 0.562. The van der Waals surface area contributed by atoms with Crippen molar-refractivity contribution >= 4 is 16.0 Å². The SMILES string of the molecule is CN=C(NCc1ccc(C)c(F)c1)NC1CCN(S(=O)(=O)C(F)(F)F)CC1. The topological polar surface area (TPSA) is 73.8 Å². The van der Waals surface area contributed by atoms with Crippen LogP contribution in [0.2, 0.25) is 0 Å². The summed E-state index contributed by atoms with van der Waals surface area (Å²) in [6.45, 7) is 1.54. The van der Waals surface area contributed by atoms with E-state index in [2.05, 4.69) is 15.6 Å². The first-order valence-electron chi connectivity index (χ1n) is 8.33. The van der Waals surface area contributed by atoms with Gasteiger partial charge >= 0.3 is 15.5 Å². The lowest BCUT2D eigenvalue weighted by atomic mass is 10.1. The molecule has 1 saturated heterocycles. The average molecular weight is 410 g/mol. The highest BCUT2D eigenvalue weighted by molar-refractivity contribution is 7.90. The molecular weight excluding hydrogens is 388 g/mol. The summed E-state index contributed by atoms with van der Waals surface area (Å²) >= 11 is 0. The Morgan fingerprint density at radius 2 is 1.93 bits per heavy atom. The Morgan fingerprint density at radius 1 is 1.30 bits per heavy atom. The van der Waals surface area contributed by atoms with E-state index in [1.165, 1.54) is 13.1 Å². The minimum atomic E-state index is -5.29. The van der Waals surface area contributed by atoms with Crippen molar-refractivity contribution < 1.29 is 26.0 Å². The number of rotatable bonds is 4. The smallest absolute Gasteiger partial charge is 0.354 e. The summed E-state index contributed by atoms with van der Waals surface area (Å²) in [6, 6.07) is 4.64. The van der Waals surface area contributed by atoms with Gasteiger partial charge in [-0.15, -0.1) is 0 Å². The first-order chi connectivity index (χ1) is 12.5. The van der Waals surface area contributed by atoms with Gasteiger partial charge in [0.1, 0.15) is 5.82 Å². The predicted octanol–water partition coefficient (Wildman–Crippen LogP) is 2.11. The third kappa shape index (κ3) is 5.32. The Kier molecular flexibility index (Phi) is 6.68. The largest absolute Gasteiger partial charge is 0.511 e. The van der Waals surface area contributed by atoms with Crippen LogP contribution in [0.15, 0.2) is 23.2 Å². The van der Waals surface area contributed by atoms with E-state index in [1.807, 2.05) is 0 Å². The molecule has 0 saturated carbocycles. The van der Waals surface area contributed by atoms with E-state index < -0.39 is 15.5 Å². The number of hydrogen-bond acceptors (Lipinski definition) is 3. The number of sulfonamides is 1. The van der Waals surface area contributed by atoms with Crippen LogP contribution in [0.3, 0.4) is 0 Å². The molecule has 1 aromatic rings. The van der Waals surface area contributed by atoms with Gasteiger partial charge in [-0.2, -0.15) is 17.5 Å². The molecule has 1 aromatic carbocycles. The van der Waals surface area contributed by atoms with Gasteiger partial charge in [0.25, 0.3) is 0 Å². The number of nitrogens with zero attached hydrogens (tertiary/aromatic N) is 2. The Morgan fingerprint density at radius 3 is 2.44 bits per heavy atom.